The molecule has 0 spiro atoms. The van der Waals surface area contributed by atoms with Crippen molar-refractivity contribution in [1.29, 1.82) is 0 Å². The number of nitrogens with one attached hydrogen (secondary N) is 2. The number of para-hydroxylation sites is 1. The minimum atomic E-state index is -0.411. The molecule has 25 heavy (non-hydrogen) atoms. The molecule has 0 bridgehead atoms. The Morgan fingerprint density at radius 3 is 2.52 bits per heavy atom. The largest absolute Gasteiger partial charge is 0.352 e. The maximum absolute atomic E-state index is 12.4. The summed E-state index contributed by atoms with van der Waals surface area (Å²) in [6.45, 7) is 1.45. The molecule has 0 unspecified atom stereocenters. The van der Waals surface area contributed by atoms with E-state index in [1.807, 2.05) is 14.1 Å². The summed E-state index contributed by atoms with van der Waals surface area (Å²) in [6.07, 6.45) is 2.35. The second kappa shape index (κ2) is 9.15. The van der Waals surface area contributed by atoms with Crippen LogP contribution < -0.4 is 10.6 Å². The molecule has 0 atom stereocenters. The highest BCUT2D eigenvalue weighted by Crippen LogP contribution is 2.18. The predicted molar refractivity (Wildman–Crippen MR) is 99.1 cm³/mol. The molecule has 0 fully saturated rings. The summed E-state index contributed by atoms with van der Waals surface area (Å²) in [6, 6.07) is 10.1. The number of halogens is 1. The lowest BCUT2D eigenvalue weighted by Gasteiger charge is -2.13. The summed E-state index contributed by atoms with van der Waals surface area (Å²) >= 11 is 5.94. The zero-order valence-corrected chi connectivity index (χ0v) is 15.0. The lowest BCUT2D eigenvalue weighted by Crippen LogP contribution is -2.28. The highest BCUT2D eigenvalue weighted by Gasteiger charge is 2.15. The van der Waals surface area contributed by atoms with Crippen LogP contribution in [0.3, 0.4) is 0 Å². The number of hydrogen-bond donors (Lipinski definition) is 2. The van der Waals surface area contributed by atoms with Crippen LogP contribution in [0.1, 0.15) is 27.1 Å². The smallest absolute Gasteiger partial charge is 0.258 e. The Labute approximate surface area is 152 Å². The first-order valence-corrected chi connectivity index (χ1v) is 8.30. The molecule has 1 aromatic heterocycles. The average Bonchev–Trinajstić information content (AvgIpc) is 2.59. The first-order valence-electron chi connectivity index (χ1n) is 7.93. The van der Waals surface area contributed by atoms with Crippen molar-refractivity contribution in [1.82, 2.24) is 15.2 Å². The van der Waals surface area contributed by atoms with Gasteiger partial charge in [0.15, 0.2) is 0 Å². The van der Waals surface area contributed by atoms with Gasteiger partial charge in [0.2, 0.25) is 0 Å². The SMILES string of the molecule is CN(C)CCCNC(=O)c1ccccc1NC(=O)c1cccnc1Cl. The van der Waals surface area contributed by atoms with Crippen LogP contribution in [0.4, 0.5) is 5.69 Å². The number of amides is 2. The molecular formula is C18H21ClN4O2. The fourth-order valence-electron chi connectivity index (χ4n) is 2.23. The fourth-order valence-corrected chi connectivity index (χ4v) is 2.43. The Hall–Kier alpha value is -2.44. The zero-order chi connectivity index (χ0) is 18.2. The number of hydrogen-bond acceptors (Lipinski definition) is 4. The van der Waals surface area contributed by atoms with Crippen molar-refractivity contribution in [2.45, 2.75) is 6.42 Å². The van der Waals surface area contributed by atoms with Gasteiger partial charge in [0.05, 0.1) is 16.8 Å². The Balaban J connectivity index is 2.06. The molecule has 1 heterocycles. The van der Waals surface area contributed by atoms with E-state index in [1.165, 1.54) is 6.20 Å². The van der Waals surface area contributed by atoms with Crippen LogP contribution in [0.15, 0.2) is 42.6 Å². The van der Waals surface area contributed by atoms with Gasteiger partial charge in [-0.05, 0) is 51.3 Å². The van der Waals surface area contributed by atoms with Gasteiger partial charge in [0.25, 0.3) is 11.8 Å². The van der Waals surface area contributed by atoms with Crippen LogP contribution >= 0.6 is 11.6 Å². The molecule has 0 aliphatic heterocycles. The first-order chi connectivity index (χ1) is 12.0. The Kier molecular flexibility index (Phi) is 6.91. The van der Waals surface area contributed by atoms with Gasteiger partial charge in [-0.15, -0.1) is 0 Å². The summed E-state index contributed by atoms with van der Waals surface area (Å²) in [5.41, 5.74) is 1.09. The van der Waals surface area contributed by atoms with Gasteiger partial charge in [-0.3, -0.25) is 9.59 Å². The highest BCUT2D eigenvalue weighted by atomic mass is 35.5. The quantitative estimate of drug-likeness (QED) is 0.588. The lowest BCUT2D eigenvalue weighted by atomic mass is 10.1. The zero-order valence-electron chi connectivity index (χ0n) is 14.3. The highest BCUT2D eigenvalue weighted by molar-refractivity contribution is 6.33. The monoisotopic (exact) mass is 360 g/mol. The second-order valence-corrected chi connectivity index (χ2v) is 6.11. The number of carbonyl (C=O) groups is 2. The van der Waals surface area contributed by atoms with Crippen LogP contribution in [0, 0.1) is 0 Å². The number of aromatic nitrogens is 1. The number of carbonyl (C=O) groups excluding carboxylic acids is 2. The molecule has 0 radical (unpaired) electrons. The molecule has 0 aliphatic rings. The first kappa shape index (κ1) is 18.9. The van der Waals surface area contributed by atoms with Crippen LogP contribution in [-0.4, -0.2) is 48.9 Å². The van der Waals surface area contributed by atoms with E-state index in [1.54, 1.807) is 36.4 Å². The molecule has 0 saturated carbocycles. The van der Waals surface area contributed by atoms with E-state index < -0.39 is 5.91 Å². The number of benzene rings is 1. The van der Waals surface area contributed by atoms with Gasteiger partial charge in [0.1, 0.15) is 5.15 Å². The molecule has 2 aromatic rings. The third kappa shape index (κ3) is 5.55. The number of anilines is 1. The number of pyridine rings is 1. The van der Waals surface area contributed by atoms with Gasteiger partial charge < -0.3 is 15.5 Å². The van der Waals surface area contributed by atoms with Crippen LogP contribution in [0.25, 0.3) is 0 Å². The second-order valence-electron chi connectivity index (χ2n) is 5.75. The van der Waals surface area contributed by atoms with E-state index in [0.717, 1.165) is 13.0 Å². The van der Waals surface area contributed by atoms with E-state index in [2.05, 4.69) is 20.5 Å². The van der Waals surface area contributed by atoms with E-state index in [-0.39, 0.29) is 16.6 Å². The molecule has 132 valence electrons. The summed E-state index contributed by atoms with van der Waals surface area (Å²) in [5.74, 6) is -0.641. The number of rotatable bonds is 7. The Bertz CT molecular complexity index is 749. The van der Waals surface area contributed by atoms with Crippen molar-refractivity contribution in [3.63, 3.8) is 0 Å². The van der Waals surface area contributed by atoms with Gasteiger partial charge in [-0.25, -0.2) is 4.98 Å². The summed E-state index contributed by atoms with van der Waals surface area (Å²) < 4.78 is 0. The summed E-state index contributed by atoms with van der Waals surface area (Å²) in [7, 11) is 3.96. The minimum Gasteiger partial charge on any atom is -0.352 e. The van der Waals surface area contributed by atoms with Crippen molar-refractivity contribution in [2.24, 2.45) is 0 Å². The lowest BCUT2D eigenvalue weighted by molar-refractivity contribution is 0.0953. The Morgan fingerprint density at radius 1 is 1.08 bits per heavy atom. The molecule has 2 N–H and O–H groups in total. The average molecular weight is 361 g/mol. The van der Waals surface area contributed by atoms with Crippen molar-refractivity contribution in [3.8, 4) is 0 Å². The minimum absolute atomic E-state index is 0.116. The molecule has 1 aromatic carbocycles. The van der Waals surface area contributed by atoms with Gasteiger partial charge >= 0.3 is 0 Å². The maximum atomic E-state index is 12.4. The van der Waals surface area contributed by atoms with Crippen molar-refractivity contribution in [2.75, 3.05) is 32.5 Å². The van der Waals surface area contributed by atoms with Crippen molar-refractivity contribution < 1.29 is 9.59 Å². The molecular weight excluding hydrogens is 340 g/mol. The van der Waals surface area contributed by atoms with Gasteiger partial charge in [0, 0.05) is 12.7 Å². The fraction of sp³-hybridized carbons (Fsp3) is 0.278. The molecule has 2 amide bonds. The molecule has 7 heteroatoms. The van der Waals surface area contributed by atoms with E-state index >= 15 is 0 Å². The standard InChI is InChI=1S/C18H21ClN4O2/c1-23(2)12-6-11-21-17(24)13-7-3-4-9-15(13)22-18(25)14-8-5-10-20-16(14)19/h3-5,7-10H,6,11-12H2,1-2H3,(H,21,24)(H,22,25). The van der Waals surface area contributed by atoms with Gasteiger partial charge in [-0.2, -0.15) is 0 Å². The third-order valence-electron chi connectivity index (χ3n) is 3.49. The topological polar surface area (TPSA) is 74.3 Å². The van der Waals surface area contributed by atoms with E-state index in [9.17, 15) is 9.59 Å². The molecule has 0 saturated heterocycles. The number of nitrogens with zero attached hydrogens (tertiary/aromatic N) is 2. The van der Waals surface area contributed by atoms with Gasteiger partial charge in [-0.1, -0.05) is 23.7 Å². The van der Waals surface area contributed by atoms with E-state index in [0.29, 0.717) is 17.8 Å². The molecule has 6 nitrogen and oxygen atoms in total. The third-order valence-corrected chi connectivity index (χ3v) is 3.79. The summed E-state index contributed by atoms with van der Waals surface area (Å²) in [5, 5.41) is 5.70. The van der Waals surface area contributed by atoms with E-state index in [4.69, 9.17) is 11.6 Å². The predicted octanol–water partition coefficient (Wildman–Crippen LogP) is 2.67. The van der Waals surface area contributed by atoms with Crippen LogP contribution in [0.2, 0.25) is 5.15 Å². The summed E-state index contributed by atoms with van der Waals surface area (Å²) in [4.78, 5) is 30.7. The van der Waals surface area contributed by atoms with Crippen molar-refractivity contribution >= 4 is 29.1 Å². The molecule has 0 aliphatic carbocycles. The van der Waals surface area contributed by atoms with Crippen LogP contribution in [0.5, 0.6) is 0 Å². The maximum Gasteiger partial charge on any atom is 0.258 e. The normalized spacial score (nSPS) is 10.6. The van der Waals surface area contributed by atoms with Crippen molar-refractivity contribution in [3.05, 3.63) is 58.9 Å². The Morgan fingerprint density at radius 2 is 1.80 bits per heavy atom. The molecule has 2 rings (SSSR count). The van der Waals surface area contributed by atoms with Crippen LogP contribution in [-0.2, 0) is 0 Å².